The third kappa shape index (κ3) is 2.96. The van der Waals surface area contributed by atoms with Crippen molar-refractivity contribution in [2.45, 2.75) is 23.8 Å². The maximum atomic E-state index is 13.0. The predicted octanol–water partition coefficient (Wildman–Crippen LogP) is 3.29. The van der Waals surface area contributed by atoms with Crippen LogP contribution in [0.5, 0.6) is 11.5 Å². The number of methoxy groups -OCH3 is 2. The van der Waals surface area contributed by atoms with Gasteiger partial charge in [0.15, 0.2) is 11.5 Å². The molecule has 7 heteroatoms. The lowest BCUT2D eigenvalue weighted by Crippen LogP contribution is -2.30. The van der Waals surface area contributed by atoms with Crippen LogP contribution in [0.2, 0.25) is 0 Å². The van der Waals surface area contributed by atoms with Gasteiger partial charge >= 0.3 is 0 Å². The Kier molecular flexibility index (Phi) is 4.61. The molecule has 23 heavy (non-hydrogen) atoms. The van der Waals surface area contributed by atoms with Crippen molar-refractivity contribution < 1.29 is 17.9 Å². The molecule has 3 rings (SSSR count). The molecule has 0 aliphatic carbocycles. The average Bonchev–Trinajstić information content (AvgIpc) is 3.24. The molecule has 0 spiro atoms. The molecule has 1 atom stereocenters. The Morgan fingerprint density at radius 1 is 1.17 bits per heavy atom. The Labute approximate surface area is 140 Å². The first-order valence-electron chi connectivity index (χ1n) is 7.35. The Hall–Kier alpha value is -1.57. The monoisotopic (exact) mass is 353 g/mol. The fraction of sp³-hybridized carbons (Fsp3) is 0.375. The van der Waals surface area contributed by atoms with Crippen molar-refractivity contribution in [2.24, 2.45) is 0 Å². The molecule has 0 N–H and O–H groups in total. The van der Waals surface area contributed by atoms with Crippen LogP contribution in [0.1, 0.15) is 23.8 Å². The van der Waals surface area contributed by atoms with E-state index in [0.717, 1.165) is 17.7 Å². The van der Waals surface area contributed by atoms with E-state index in [1.54, 1.807) is 27.8 Å². The zero-order chi connectivity index (χ0) is 16.4. The van der Waals surface area contributed by atoms with Gasteiger partial charge in [0.05, 0.1) is 25.2 Å². The average molecular weight is 353 g/mol. The molecule has 0 amide bonds. The Bertz CT molecular complexity index is 771. The van der Waals surface area contributed by atoms with E-state index >= 15 is 0 Å². The largest absolute Gasteiger partial charge is 0.493 e. The number of hydrogen-bond donors (Lipinski definition) is 0. The lowest BCUT2D eigenvalue weighted by atomic mass is 10.2. The van der Waals surface area contributed by atoms with Gasteiger partial charge in [0.2, 0.25) is 10.0 Å². The van der Waals surface area contributed by atoms with Crippen molar-refractivity contribution in [3.05, 3.63) is 40.6 Å². The molecule has 124 valence electrons. The summed E-state index contributed by atoms with van der Waals surface area (Å²) in [5.41, 5.74) is 0. The zero-order valence-electron chi connectivity index (χ0n) is 13.1. The molecule has 2 heterocycles. The summed E-state index contributed by atoms with van der Waals surface area (Å²) in [5, 5.41) is 1.98. The molecule has 0 saturated carbocycles. The van der Waals surface area contributed by atoms with Crippen molar-refractivity contribution in [2.75, 3.05) is 20.8 Å². The standard InChI is InChI=1S/C16H19NO4S2/c1-20-14-8-7-12(11-15(14)21-2)23(18,19)17-9-3-5-13(17)16-6-4-10-22-16/h4,6-8,10-11,13H,3,5,9H2,1-2H3/t13-/m1/s1. The Morgan fingerprint density at radius 3 is 2.61 bits per heavy atom. The van der Waals surface area contributed by atoms with E-state index in [0.29, 0.717) is 18.0 Å². The van der Waals surface area contributed by atoms with Crippen molar-refractivity contribution in [1.82, 2.24) is 4.31 Å². The molecule has 2 aromatic rings. The summed E-state index contributed by atoms with van der Waals surface area (Å²) in [6.45, 7) is 0.541. The lowest BCUT2D eigenvalue weighted by molar-refractivity contribution is 0.353. The predicted molar refractivity (Wildman–Crippen MR) is 89.7 cm³/mol. The Balaban J connectivity index is 1.98. The molecule has 1 aliphatic heterocycles. The van der Waals surface area contributed by atoms with Gasteiger partial charge < -0.3 is 9.47 Å². The highest BCUT2D eigenvalue weighted by atomic mass is 32.2. The molecule has 1 aromatic carbocycles. The number of hydrogen-bond acceptors (Lipinski definition) is 5. The van der Waals surface area contributed by atoms with Crippen LogP contribution >= 0.6 is 11.3 Å². The summed E-state index contributed by atoms with van der Waals surface area (Å²) in [5.74, 6) is 0.933. The van der Waals surface area contributed by atoms with E-state index < -0.39 is 10.0 Å². The zero-order valence-corrected chi connectivity index (χ0v) is 14.7. The van der Waals surface area contributed by atoms with Crippen molar-refractivity contribution in [3.63, 3.8) is 0 Å². The van der Waals surface area contributed by atoms with E-state index in [9.17, 15) is 8.42 Å². The molecule has 5 nitrogen and oxygen atoms in total. The van der Waals surface area contributed by atoms with Gasteiger partial charge in [-0.2, -0.15) is 4.31 Å². The number of sulfonamides is 1. The highest BCUT2D eigenvalue weighted by Gasteiger charge is 2.37. The third-order valence-corrected chi connectivity index (χ3v) is 6.91. The van der Waals surface area contributed by atoms with Crippen molar-refractivity contribution >= 4 is 21.4 Å². The van der Waals surface area contributed by atoms with Crippen LogP contribution in [-0.4, -0.2) is 33.5 Å². The molecule has 1 fully saturated rings. The van der Waals surface area contributed by atoms with E-state index in [4.69, 9.17) is 9.47 Å². The minimum atomic E-state index is -3.57. The number of rotatable bonds is 5. The van der Waals surface area contributed by atoms with Crippen molar-refractivity contribution in [3.8, 4) is 11.5 Å². The second-order valence-corrected chi connectivity index (χ2v) is 8.18. The summed E-state index contributed by atoms with van der Waals surface area (Å²) < 4.78 is 38.1. The summed E-state index contributed by atoms with van der Waals surface area (Å²) >= 11 is 1.60. The van der Waals surface area contributed by atoms with Crippen LogP contribution in [0.25, 0.3) is 0 Å². The maximum absolute atomic E-state index is 13.0. The van der Waals surface area contributed by atoms with Crippen LogP contribution in [0.3, 0.4) is 0 Å². The molecule has 0 unspecified atom stereocenters. The molecule has 1 saturated heterocycles. The van der Waals surface area contributed by atoms with Gasteiger partial charge in [-0.25, -0.2) is 8.42 Å². The molecule has 1 aromatic heterocycles. The van der Waals surface area contributed by atoms with Crippen molar-refractivity contribution in [1.29, 1.82) is 0 Å². The molecular weight excluding hydrogens is 334 g/mol. The number of benzene rings is 1. The molecular formula is C16H19NO4S2. The van der Waals surface area contributed by atoms with Gasteiger partial charge in [0.25, 0.3) is 0 Å². The van der Waals surface area contributed by atoms with Gasteiger partial charge in [-0.1, -0.05) is 6.07 Å². The third-order valence-electron chi connectivity index (χ3n) is 4.04. The fourth-order valence-corrected chi connectivity index (χ4v) is 5.54. The van der Waals surface area contributed by atoms with Crippen LogP contribution < -0.4 is 9.47 Å². The number of thiophene rings is 1. The van der Waals surface area contributed by atoms with E-state index in [2.05, 4.69) is 0 Å². The molecule has 1 aliphatic rings. The summed E-state index contributed by atoms with van der Waals surface area (Å²) in [7, 11) is -0.541. The lowest BCUT2D eigenvalue weighted by Gasteiger charge is -2.23. The van der Waals surface area contributed by atoms with Gasteiger partial charge in [0, 0.05) is 17.5 Å². The van der Waals surface area contributed by atoms with E-state index in [1.165, 1.54) is 20.3 Å². The first-order valence-corrected chi connectivity index (χ1v) is 9.67. The van der Waals surface area contributed by atoms with Crippen LogP contribution in [0, 0.1) is 0 Å². The van der Waals surface area contributed by atoms with Gasteiger partial charge in [-0.3, -0.25) is 0 Å². The highest BCUT2D eigenvalue weighted by Crippen LogP contribution is 2.39. The summed E-state index contributed by atoms with van der Waals surface area (Å²) in [6.07, 6.45) is 1.72. The maximum Gasteiger partial charge on any atom is 0.243 e. The van der Waals surface area contributed by atoms with Crippen LogP contribution in [-0.2, 0) is 10.0 Å². The molecule has 0 bridgehead atoms. The van der Waals surface area contributed by atoms with Gasteiger partial charge in [-0.05, 0) is 36.4 Å². The molecule has 0 radical (unpaired) electrons. The number of ether oxygens (including phenoxy) is 2. The highest BCUT2D eigenvalue weighted by molar-refractivity contribution is 7.89. The first-order chi connectivity index (χ1) is 11.1. The van der Waals surface area contributed by atoms with E-state index in [1.807, 2.05) is 17.5 Å². The summed E-state index contributed by atoms with van der Waals surface area (Å²) in [4.78, 5) is 1.32. The Morgan fingerprint density at radius 2 is 1.96 bits per heavy atom. The van der Waals surface area contributed by atoms with Gasteiger partial charge in [-0.15, -0.1) is 11.3 Å². The minimum absolute atomic E-state index is 0.0758. The first kappa shape index (κ1) is 16.3. The quantitative estimate of drug-likeness (QED) is 0.828. The SMILES string of the molecule is COc1ccc(S(=O)(=O)N2CCC[C@@H]2c2cccs2)cc1OC. The normalized spacial score (nSPS) is 19.0. The smallest absolute Gasteiger partial charge is 0.243 e. The minimum Gasteiger partial charge on any atom is -0.493 e. The van der Waals surface area contributed by atoms with Crippen LogP contribution in [0.15, 0.2) is 40.6 Å². The summed E-state index contributed by atoms with van der Waals surface area (Å²) in [6, 6.07) is 8.60. The van der Waals surface area contributed by atoms with Crippen LogP contribution in [0.4, 0.5) is 0 Å². The second-order valence-electron chi connectivity index (χ2n) is 5.31. The second kappa shape index (κ2) is 6.51. The fourth-order valence-electron chi connectivity index (χ4n) is 2.91. The van der Waals surface area contributed by atoms with E-state index in [-0.39, 0.29) is 10.9 Å². The van der Waals surface area contributed by atoms with Gasteiger partial charge in [0.1, 0.15) is 0 Å². The topological polar surface area (TPSA) is 55.8 Å². The number of nitrogens with zero attached hydrogens (tertiary/aromatic N) is 1.